The van der Waals surface area contributed by atoms with Gasteiger partial charge in [-0.25, -0.2) is 0 Å². The minimum absolute atomic E-state index is 0.321. The molecule has 0 saturated carbocycles. The molecule has 0 unspecified atom stereocenters. The lowest BCUT2D eigenvalue weighted by atomic mass is 9.96. The molecule has 2 aromatic rings. The summed E-state index contributed by atoms with van der Waals surface area (Å²) < 4.78 is 22.6. The fraction of sp³-hybridized carbons (Fsp3) is 0.348. The van der Waals surface area contributed by atoms with Crippen LogP contribution in [0, 0.1) is 11.3 Å². The minimum atomic E-state index is -1.13. The number of methoxy groups -OCH3 is 2. The van der Waals surface area contributed by atoms with Crippen molar-refractivity contribution in [2.24, 2.45) is 11.5 Å². The smallest absolute Gasteiger partial charge is 0.217 e. The first-order chi connectivity index (χ1) is 15.4. The molecule has 3 rings (SSSR count). The molecule has 9 heteroatoms. The Balaban J connectivity index is 1.99. The first-order valence-electron chi connectivity index (χ1n) is 9.98. The Morgan fingerprint density at radius 3 is 2.56 bits per heavy atom. The van der Waals surface area contributed by atoms with Gasteiger partial charge in [-0.2, -0.15) is 5.26 Å². The van der Waals surface area contributed by atoms with Crippen LogP contribution in [0.25, 0.3) is 12.2 Å². The normalized spacial score (nSPS) is 25.3. The number of ether oxygens (including phenoxy) is 4. The first-order valence-corrected chi connectivity index (χ1v) is 9.98. The molecule has 0 bridgehead atoms. The number of nitrogens with zero attached hydrogens (tertiary/aromatic N) is 1. The minimum Gasteiger partial charge on any atom is -0.497 e. The summed E-state index contributed by atoms with van der Waals surface area (Å²) in [6, 6.07) is 10.9. The highest BCUT2D eigenvalue weighted by atomic mass is 16.7. The van der Waals surface area contributed by atoms with E-state index >= 15 is 0 Å². The van der Waals surface area contributed by atoms with E-state index in [1.165, 1.54) is 14.2 Å². The third-order valence-corrected chi connectivity index (χ3v) is 5.24. The van der Waals surface area contributed by atoms with Gasteiger partial charge in [0, 0.05) is 11.6 Å². The highest BCUT2D eigenvalue weighted by Crippen LogP contribution is 2.38. The fourth-order valence-corrected chi connectivity index (χ4v) is 3.39. The topological polar surface area (TPSA) is 153 Å². The molecule has 6 N–H and O–H groups in total. The van der Waals surface area contributed by atoms with Crippen LogP contribution in [0.15, 0.2) is 36.4 Å². The molecule has 2 aromatic carbocycles. The molecule has 1 aliphatic heterocycles. The van der Waals surface area contributed by atoms with E-state index in [2.05, 4.69) is 6.07 Å². The third-order valence-electron chi connectivity index (χ3n) is 5.24. The van der Waals surface area contributed by atoms with E-state index in [0.717, 1.165) is 5.56 Å². The number of aliphatic hydroxyl groups is 2. The van der Waals surface area contributed by atoms with Crippen molar-refractivity contribution in [2.75, 3.05) is 20.8 Å². The van der Waals surface area contributed by atoms with Crippen LogP contribution in [-0.4, -0.2) is 61.6 Å². The van der Waals surface area contributed by atoms with Crippen molar-refractivity contribution >= 4 is 12.2 Å². The lowest BCUT2D eigenvalue weighted by Crippen LogP contribution is -2.66. The van der Waals surface area contributed by atoms with Gasteiger partial charge in [0.15, 0.2) is 11.5 Å². The molecular formula is C23H27N3O6. The first kappa shape index (κ1) is 23.5. The van der Waals surface area contributed by atoms with E-state index in [-0.39, 0.29) is 0 Å². The van der Waals surface area contributed by atoms with E-state index in [0.29, 0.717) is 28.4 Å². The van der Waals surface area contributed by atoms with Gasteiger partial charge in [0.25, 0.3) is 0 Å². The summed E-state index contributed by atoms with van der Waals surface area (Å²) in [4.78, 5) is 0. The average molecular weight is 441 g/mol. The largest absolute Gasteiger partial charge is 0.497 e. The lowest BCUT2D eigenvalue weighted by molar-refractivity contribution is -0.211. The number of nitrogens with two attached hydrogens (primary N) is 2. The number of benzene rings is 2. The van der Waals surface area contributed by atoms with Gasteiger partial charge in [-0.1, -0.05) is 24.3 Å². The van der Waals surface area contributed by atoms with Gasteiger partial charge in [-0.3, -0.25) is 0 Å². The zero-order valence-corrected chi connectivity index (χ0v) is 17.8. The van der Waals surface area contributed by atoms with Crippen molar-refractivity contribution in [3.05, 3.63) is 53.1 Å². The van der Waals surface area contributed by atoms with Gasteiger partial charge < -0.3 is 40.6 Å². The Hall–Kier alpha value is -3.13. The van der Waals surface area contributed by atoms with Gasteiger partial charge in [0.05, 0.1) is 50.6 Å². The van der Waals surface area contributed by atoms with Crippen molar-refractivity contribution in [1.29, 1.82) is 5.26 Å². The number of hydrogen-bond donors (Lipinski definition) is 4. The van der Waals surface area contributed by atoms with Crippen molar-refractivity contribution in [3.8, 4) is 23.3 Å². The lowest BCUT2D eigenvalue weighted by Gasteiger charge is -2.41. The van der Waals surface area contributed by atoms with Crippen molar-refractivity contribution in [2.45, 2.75) is 30.6 Å². The van der Waals surface area contributed by atoms with Gasteiger partial charge in [0.1, 0.15) is 11.9 Å². The molecule has 1 heterocycles. The van der Waals surface area contributed by atoms with E-state index in [1.807, 2.05) is 12.1 Å². The summed E-state index contributed by atoms with van der Waals surface area (Å²) in [6.45, 7) is -0.441. The zero-order chi connectivity index (χ0) is 23.3. The Morgan fingerprint density at radius 1 is 1.12 bits per heavy atom. The summed E-state index contributed by atoms with van der Waals surface area (Å²) in [7, 11) is 3.02. The molecule has 0 spiro atoms. The molecule has 0 aliphatic carbocycles. The highest BCUT2D eigenvalue weighted by Gasteiger charge is 2.43. The molecule has 1 aliphatic rings. The second-order valence-electron chi connectivity index (χ2n) is 7.31. The van der Waals surface area contributed by atoms with E-state index < -0.39 is 37.2 Å². The standard InChI is InChI=1S/C23H27N3O6/c1-29-16-9-15(7-6-13-4-3-5-14(8-13)11-24)22(17(10-16)30-2)32-23-20(26)19(25)21(28)18(12-27)31-23/h3-10,18-21,23,27-28H,12,25-26H2,1-2H3/b7-6+/t18-,19-,20-,21-,23+/m1/s1. The zero-order valence-electron chi connectivity index (χ0n) is 17.8. The summed E-state index contributed by atoms with van der Waals surface area (Å²) in [6.07, 6.45) is 0.493. The van der Waals surface area contributed by atoms with Crippen LogP contribution in [0.4, 0.5) is 0 Å². The molecule has 0 aromatic heterocycles. The highest BCUT2D eigenvalue weighted by molar-refractivity contribution is 5.75. The molecule has 9 nitrogen and oxygen atoms in total. The number of aliphatic hydroxyl groups excluding tert-OH is 2. The van der Waals surface area contributed by atoms with Gasteiger partial charge >= 0.3 is 0 Å². The maximum absolute atomic E-state index is 10.1. The Kier molecular flexibility index (Phi) is 7.69. The van der Waals surface area contributed by atoms with E-state index in [1.54, 1.807) is 36.4 Å². The van der Waals surface area contributed by atoms with Crippen LogP contribution in [0.1, 0.15) is 16.7 Å². The number of rotatable bonds is 7. The molecule has 5 atom stereocenters. The van der Waals surface area contributed by atoms with Crippen LogP contribution < -0.4 is 25.7 Å². The Labute approximate surface area is 186 Å². The Bertz CT molecular complexity index is 1000. The summed E-state index contributed by atoms with van der Waals surface area (Å²) in [5.41, 5.74) is 14.1. The molecule has 170 valence electrons. The summed E-state index contributed by atoms with van der Waals surface area (Å²) in [5.74, 6) is 1.22. The summed E-state index contributed by atoms with van der Waals surface area (Å²) in [5, 5.41) is 28.8. The number of nitriles is 1. The van der Waals surface area contributed by atoms with Gasteiger partial charge in [0.2, 0.25) is 6.29 Å². The van der Waals surface area contributed by atoms with Crippen LogP contribution in [0.2, 0.25) is 0 Å². The van der Waals surface area contributed by atoms with Crippen LogP contribution in [-0.2, 0) is 4.74 Å². The maximum atomic E-state index is 10.1. The SMILES string of the molecule is COc1cc(/C=C/c2cccc(C#N)c2)c(O[C@@H]2O[C@H](CO)[C@@H](O)[C@H](N)[C@H]2N)c(OC)c1. The van der Waals surface area contributed by atoms with Crippen molar-refractivity contribution in [1.82, 2.24) is 0 Å². The second kappa shape index (κ2) is 10.5. The van der Waals surface area contributed by atoms with E-state index in [4.69, 9.17) is 35.7 Å². The summed E-state index contributed by atoms with van der Waals surface area (Å²) >= 11 is 0. The molecular weight excluding hydrogens is 414 g/mol. The van der Waals surface area contributed by atoms with Gasteiger partial charge in [-0.15, -0.1) is 0 Å². The Morgan fingerprint density at radius 2 is 1.91 bits per heavy atom. The van der Waals surface area contributed by atoms with E-state index in [9.17, 15) is 10.2 Å². The molecule has 32 heavy (non-hydrogen) atoms. The van der Waals surface area contributed by atoms with Crippen molar-refractivity contribution < 1.29 is 29.2 Å². The predicted molar refractivity (Wildman–Crippen MR) is 118 cm³/mol. The molecule has 0 radical (unpaired) electrons. The van der Waals surface area contributed by atoms with Crippen LogP contribution in [0.5, 0.6) is 17.2 Å². The van der Waals surface area contributed by atoms with Crippen molar-refractivity contribution in [3.63, 3.8) is 0 Å². The molecule has 1 fully saturated rings. The van der Waals surface area contributed by atoms with Crippen LogP contribution >= 0.6 is 0 Å². The fourth-order valence-electron chi connectivity index (χ4n) is 3.39. The van der Waals surface area contributed by atoms with Crippen LogP contribution in [0.3, 0.4) is 0 Å². The number of hydrogen-bond acceptors (Lipinski definition) is 9. The quantitative estimate of drug-likeness (QED) is 0.458. The average Bonchev–Trinajstić information content (AvgIpc) is 2.83. The second-order valence-corrected chi connectivity index (χ2v) is 7.31. The molecule has 1 saturated heterocycles. The monoisotopic (exact) mass is 441 g/mol. The maximum Gasteiger partial charge on any atom is 0.217 e. The molecule has 0 amide bonds. The predicted octanol–water partition coefficient (Wildman–Crippen LogP) is 0.857. The third kappa shape index (κ3) is 5.02. The van der Waals surface area contributed by atoms with Gasteiger partial charge in [-0.05, 0) is 23.8 Å².